The second kappa shape index (κ2) is 9.73. The lowest BCUT2D eigenvalue weighted by molar-refractivity contribution is -0.139. The van der Waals surface area contributed by atoms with E-state index in [0.717, 1.165) is 17.7 Å². The Morgan fingerprint density at radius 3 is 2.53 bits per heavy atom. The quantitative estimate of drug-likeness (QED) is 0.630. The fourth-order valence-electron chi connectivity index (χ4n) is 3.08. The van der Waals surface area contributed by atoms with Gasteiger partial charge in [-0.15, -0.1) is 0 Å². The van der Waals surface area contributed by atoms with E-state index in [4.69, 9.17) is 14.6 Å². The summed E-state index contributed by atoms with van der Waals surface area (Å²) in [6.45, 7) is 3.80. The van der Waals surface area contributed by atoms with E-state index in [1.54, 1.807) is 24.3 Å². The zero-order chi connectivity index (χ0) is 21.5. The molecule has 0 fully saturated rings. The van der Waals surface area contributed by atoms with E-state index in [1.165, 1.54) is 5.01 Å². The van der Waals surface area contributed by atoms with E-state index >= 15 is 0 Å². The molecule has 2 aromatic rings. The highest BCUT2D eigenvalue weighted by atomic mass is 16.5. The first kappa shape index (κ1) is 21.1. The topological polar surface area (TPSA) is 88.4 Å². The summed E-state index contributed by atoms with van der Waals surface area (Å²) in [6.07, 6.45) is 3.32. The second-order valence-corrected chi connectivity index (χ2v) is 6.63. The molecule has 1 aliphatic heterocycles. The number of carbonyl (C=O) groups excluding carboxylic acids is 1. The highest BCUT2D eigenvalue weighted by Gasteiger charge is 2.30. The van der Waals surface area contributed by atoms with Crippen molar-refractivity contribution in [2.75, 3.05) is 18.2 Å². The van der Waals surface area contributed by atoms with Gasteiger partial charge >= 0.3 is 5.97 Å². The molecular weight excluding hydrogens is 384 g/mol. The Morgan fingerprint density at radius 1 is 1.10 bits per heavy atom. The Bertz CT molecular complexity index is 982. The molecule has 156 valence electrons. The fraction of sp³-hybridized carbons (Fsp3) is 0.261. The Morgan fingerprint density at radius 2 is 1.87 bits per heavy atom. The zero-order valence-electron chi connectivity index (χ0n) is 17.0. The number of rotatable bonds is 9. The average molecular weight is 408 g/mol. The number of amides is 1. The van der Waals surface area contributed by atoms with Crippen LogP contribution in [0.2, 0.25) is 0 Å². The summed E-state index contributed by atoms with van der Waals surface area (Å²) < 4.78 is 10.9. The van der Waals surface area contributed by atoms with Crippen molar-refractivity contribution in [3.8, 4) is 11.5 Å². The van der Waals surface area contributed by atoms with Gasteiger partial charge in [0.15, 0.2) is 18.1 Å². The van der Waals surface area contributed by atoms with E-state index in [9.17, 15) is 9.59 Å². The maximum Gasteiger partial charge on any atom is 0.341 e. The Balaban J connectivity index is 1.93. The third kappa shape index (κ3) is 4.86. The highest BCUT2D eigenvalue weighted by Crippen LogP contribution is 2.31. The van der Waals surface area contributed by atoms with Gasteiger partial charge in [0.25, 0.3) is 5.91 Å². The van der Waals surface area contributed by atoms with Crippen LogP contribution in [-0.4, -0.2) is 35.9 Å². The van der Waals surface area contributed by atoms with Crippen molar-refractivity contribution in [1.82, 2.24) is 0 Å². The number of ether oxygens (including phenoxy) is 2. The first-order valence-electron chi connectivity index (χ1n) is 9.84. The second-order valence-electron chi connectivity index (χ2n) is 6.63. The number of hydrazone groups is 1. The van der Waals surface area contributed by atoms with E-state index < -0.39 is 12.6 Å². The van der Waals surface area contributed by atoms with E-state index in [2.05, 4.69) is 5.10 Å². The monoisotopic (exact) mass is 408 g/mol. The number of carboxylic acid groups (broad SMARTS) is 1. The number of anilines is 1. The summed E-state index contributed by atoms with van der Waals surface area (Å²) in [7, 11) is 0. The molecule has 0 aromatic heterocycles. The third-order valence-electron chi connectivity index (χ3n) is 4.37. The molecule has 0 bridgehead atoms. The van der Waals surface area contributed by atoms with Crippen LogP contribution in [0.15, 0.2) is 59.2 Å². The average Bonchev–Trinajstić information content (AvgIpc) is 3.04. The minimum Gasteiger partial charge on any atom is -0.490 e. The standard InChI is InChI=1S/C23H24N2O5/c1-3-8-19-18(23(28)25(24-19)17-9-6-5-7-10-17)13-16-11-12-20(30-15-22(26)27)21(14-16)29-4-2/h5-7,9-14H,3-4,8,15H2,1-2H3,(H,26,27). The predicted molar refractivity (Wildman–Crippen MR) is 115 cm³/mol. The van der Waals surface area contributed by atoms with Gasteiger partial charge in [0.05, 0.1) is 23.6 Å². The van der Waals surface area contributed by atoms with Gasteiger partial charge in [-0.1, -0.05) is 37.6 Å². The van der Waals surface area contributed by atoms with Crippen molar-refractivity contribution in [2.45, 2.75) is 26.7 Å². The molecule has 0 aliphatic carbocycles. The van der Waals surface area contributed by atoms with Crippen molar-refractivity contribution in [3.05, 3.63) is 59.7 Å². The van der Waals surface area contributed by atoms with Crippen molar-refractivity contribution < 1.29 is 24.2 Å². The molecule has 2 aromatic carbocycles. The molecule has 0 unspecified atom stereocenters. The Labute approximate surface area is 175 Å². The van der Waals surface area contributed by atoms with Crippen LogP contribution in [0.1, 0.15) is 32.3 Å². The number of hydrogen-bond acceptors (Lipinski definition) is 5. The van der Waals surface area contributed by atoms with Crippen molar-refractivity contribution in [2.24, 2.45) is 5.10 Å². The number of benzene rings is 2. The van der Waals surface area contributed by atoms with Gasteiger partial charge in [-0.3, -0.25) is 4.79 Å². The number of nitrogens with zero attached hydrogens (tertiary/aromatic N) is 2. The number of carbonyl (C=O) groups is 2. The molecule has 0 atom stereocenters. The van der Waals surface area contributed by atoms with Gasteiger partial charge in [-0.25, -0.2) is 4.79 Å². The summed E-state index contributed by atoms with van der Waals surface area (Å²) in [5, 5.41) is 14.8. The SMILES string of the molecule is CCCC1=NN(c2ccccc2)C(=O)C1=Cc1ccc(OCC(=O)O)c(OCC)c1. The van der Waals surface area contributed by atoms with E-state index in [-0.39, 0.29) is 5.91 Å². The maximum atomic E-state index is 13.1. The summed E-state index contributed by atoms with van der Waals surface area (Å²) >= 11 is 0. The van der Waals surface area contributed by atoms with Crippen LogP contribution in [0.5, 0.6) is 11.5 Å². The lowest BCUT2D eigenvalue weighted by atomic mass is 10.0. The summed E-state index contributed by atoms with van der Waals surface area (Å²) in [5.74, 6) is -0.490. The predicted octanol–water partition coefficient (Wildman–Crippen LogP) is 4.14. The van der Waals surface area contributed by atoms with Crippen LogP contribution in [0.4, 0.5) is 5.69 Å². The molecule has 7 nitrogen and oxygen atoms in total. The molecule has 3 rings (SSSR count). The van der Waals surface area contributed by atoms with Crippen LogP contribution in [0, 0.1) is 0 Å². The summed E-state index contributed by atoms with van der Waals surface area (Å²) in [5.41, 5.74) is 2.72. The van der Waals surface area contributed by atoms with Crippen molar-refractivity contribution >= 4 is 29.4 Å². The normalized spacial score (nSPS) is 14.7. The lowest BCUT2D eigenvalue weighted by Gasteiger charge is -2.12. The van der Waals surface area contributed by atoms with Crippen LogP contribution in [-0.2, 0) is 9.59 Å². The molecule has 1 heterocycles. The minimum atomic E-state index is -1.07. The number of hydrogen-bond donors (Lipinski definition) is 1. The smallest absolute Gasteiger partial charge is 0.341 e. The van der Waals surface area contributed by atoms with Gasteiger partial charge < -0.3 is 14.6 Å². The molecule has 1 amide bonds. The first-order chi connectivity index (χ1) is 14.5. The first-order valence-corrected chi connectivity index (χ1v) is 9.84. The third-order valence-corrected chi connectivity index (χ3v) is 4.37. The highest BCUT2D eigenvalue weighted by molar-refractivity contribution is 6.32. The van der Waals surface area contributed by atoms with Crippen LogP contribution < -0.4 is 14.5 Å². The van der Waals surface area contributed by atoms with Gasteiger partial charge in [0, 0.05) is 0 Å². The molecule has 0 saturated carbocycles. The van der Waals surface area contributed by atoms with Crippen LogP contribution in [0.3, 0.4) is 0 Å². The van der Waals surface area contributed by atoms with Gasteiger partial charge in [-0.05, 0) is 49.2 Å². The molecule has 0 radical (unpaired) electrons. The van der Waals surface area contributed by atoms with Gasteiger partial charge in [-0.2, -0.15) is 10.1 Å². The molecule has 0 spiro atoms. The summed E-state index contributed by atoms with van der Waals surface area (Å²) in [6, 6.07) is 14.4. The molecule has 1 aliphatic rings. The lowest BCUT2D eigenvalue weighted by Crippen LogP contribution is -2.21. The van der Waals surface area contributed by atoms with E-state index in [1.807, 2.05) is 44.2 Å². The van der Waals surface area contributed by atoms with Crippen molar-refractivity contribution in [3.63, 3.8) is 0 Å². The van der Waals surface area contributed by atoms with Crippen LogP contribution >= 0.6 is 0 Å². The molecule has 0 saturated heterocycles. The van der Waals surface area contributed by atoms with Gasteiger partial charge in [0.1, 0.15) is 0 Å². The number of carboxylic acids is 1. The maximum absolute atomic E-state index is 13.1. The summed E-state index contributed by atoms with van der Waals surface area (Å²) in [4.78, 5) is 23.9. The minimum absolute atomic E-state index is 0.186. The number of aliphatic carboxylic acids is 1. The van der Waals surface area contributed by atoms with Crippen LogP contribution in [0.25, 0.3) is 6.08 Å². The van der Waals surface area contributed by atoms with Crippen molar-refractivity contribution in [1.29, 1.82) is 0 Å². The molecule has 30 heavy (non-hydrogen) atoms. The van der Waals surface area contributed by atoms with E-state index in [0.29, 0.717) is 35.8 Å². The van der Waals surface area contributed by atoms with Gasteiger partial charge in [0.2, 0.25) is 0 Å². The zero-order valence-corrected chi connectivity index (χ0v) is 17.0. The molecule has 7 heteroatoms. The largest absolute Gasteiger partial charge is 0.490 e. The molecular formula is C23H24N2O5. The Kier molecular flexibility index (Phi) is 6.85. The Hall–Kier alpha value is -3.61. The fourth-order valence-corrected chi connectivity index (χ4v) is 3.08. The molecule has 1 N–H and O–H groups in total. The number of para-hydroxylation sites is 1.